The first-order valence-corrected chi connectivity index (χ1v) is 7.32. The van der Waals surface area contributed by atoms with Crippen LogP contribution >= 0.6 is 0 Å². The second-order valence-electron chi connectivity index (χ2n) is 5.84. The number of benzene rings is 2. The molecule has 0 unspecified atom stereocenters. The molecule has 22 heavy (non-hydrogen) atoms. The summed E-state index contributed by atoms with van der Waals surface area (Å²) >= 11 is 0. The fraction of sp³-hybridized carbons (Fsp3) is 0.278. The van der Waals surface area contributed by atoms with Crippen LogP contribution in [-0.4, -0.2) is 16.6 Å². The van der Waals surface area contributed by atoms with Gasteiger partial charge >= 0.3 is 0 Å². The number of nitrogen functional groups attached to an aromatic ring is 1. The van der Waals surface area contributed by atoms with Crippen LogP contribution in [0.25, 0.3) is 0 Å². The van der Waals surface area contributed by atoms with Crippen molar-refractivity contribution in [1.82, 2.24) is 0 Å². The lowest BCUT2D eigenvalue weighted by Gasteiger charge is -2.22. The number of anilines is 2. The Balaban J connectivity index is 1.95. The Labute approximate surface area is 131 Å². The molecule has 4 nitrogen and oxygen atoms in total. The van der Waals surface area contributed by atoms with Crippen molar-refractivity contribution in [2.24, 2.45) is 0 Å². The van der Waals surface area contributed by atoms with Crippen molar-refractivity contribution >= 4 is 17.3 Å². The molecule has 4 heteroatoms. The summed E-state index contributed by atoms with van der Waals surface area (Å²) in [7, 11) is 0. The zero-order valence-electron chi connectivity index (χ0n) is 13.0. The van der Waals surface area contributed by atoms with Gasteiger partial charge in [-0.05, 0) is 56.5 Å². The molecule has 0 aliphatic carbocycles. The second kappa shape index (κ2) is 6.62. The summed E-state index contributed by atoms with van der Waals surface area (Å²) < 4.78 is 0. The largest absolute Gasteiger partial charge is 0.399 e. The fourth-order valence-corrected chi connectivity index (χ4v) is 2.09. The van der Waals surface area contributed by atoms with Gasteiger partial charge in [0.25, 0.3) is 5.91 Å². The molecule has 0 fully saturated rings. The molecule has 0 aliphatic heterocycles. The Morgan fingerprint density at radius 1 is 1.14 bits per heavy atom. The molecule has 0 saturated heterocycles. The van der Waals surface area contributed by atoms with Crippen LogP contribution in [0.4, 0.5) is 11.4 Å². The van der Waals surface area contributed by atoms with E-state index in [0.717, 1.165) is 5.56 Å². The molecule has 2 aromatic rings. The molecule has 0 bridgehead atoms. The van der Waals surface area contributed by atoms with Gasteiger partial charge in [0.15, 0.2) is 0 Å². The van der Waals surface area contributed by atoms with E-state index in [0.29, 0.717) is 24.2 Å². The summed E-state index contributed by atoms with van der Waals surface area (Å²) in [5.41, 5.74) is 7.72. The van der Waals surface area contributed by atoms with E-state index in [-0.39, 0.29) is 0 Å². The standard InChI is InChI=1S/C18H22N2O2/c1-13-3-5-14(6-4-13)11-12-18(2,22)17(21)20-16-9-7-15(19)8-10-16/h3-10,22H,11-12,19H2,1-2H3,(H,20,21)/t18-/m0/s1. The fourth-order valence-electron chi connectivity index (χ4n) is 2.09. The average Bonchev–Trinajstić information content (AvgIpc) is 2.49. The van der Waals surface area contributed by atoms with E-state index in [9.17, 15) is 9.90 Å². The first-order valence-electron chi connectivity index (χ1n) is 7.32. The van der Waals surface area contributed by atoms with Gasteiger partial charge in [-0.1, -0.05) is 29.8 Å². The normalized spacial score (nSPS) is 13.4. The summed E-state index contributed by atoms with van der Waals surface area (Å²) in [5, 5.41) is 13.1. The quantitative estimate of drug-likeness (QED) is 0.743. The van der Waals surface area contributed by atoms with Crippen molar-refractivity contribution < 1.29 is 9.90 Å². The number of nitrogens with one attached hydrogen (secondary N) is 1. The highest BCUT2D eigenvalue weighted by atomic mass is 16.3. The van der Waals surface area contributed by atoms with Crippen LogP contribution < -0.4 is 11.1 Å². The second-order valence-corrected chi connectivity index (χ2v) is 5.84. The van der Waals surface area contributed by atoms with Gasteiger partial charge in [0, 0.05) is 11.4 Å². The molecule has 2 rings (SSSR count). The molecule has 0 saturated carbocycles. The third-order valence-corrected chi connectivity index (χ3v) is 3.68. The highest BCUT2D eigenvalue weighted by Crippen LogP contribution is 2.18. The molecular weight excluding hydrogens is 276 g/mol. The number of hydrogen-bond acceptors (Lipinski definition) is 3. The third kappa shape index (κ3) is 4.33. The molecule has 1 amide bonds. The third-order valence-electron chi connectivity index (χ3n) is 3.68. The minimum absolute atomic E-state index is 0.358. The molecule has 0 spiro atoms. The number of nitrogens with two attached hydrogens (primary N) is 1. The maximum Gasteiger partial charge on any atom is 0.256 e. The van der Waals surface area contributed by atoms with Crippen LogP contribution in [0.5, 0.6) is 0 Å². The van der Waals surface area contributed by atoms with Crippen LogP contribution in [0.1, 0.15) is 24.5 Å². The van der Waals surface area contributed by atoms with Crippen LogP contribution in [0, 0.1) is 6.92 Å². The molecule has 1 atom stereocenters. The Kier molecular flexibility index (Phi) is 4.83. The van der Waals surface area contributed by atoms with Gasteiger partial charge in [0.1, 0.15) is 5.60 Å². The van der Waals surface area contributed by atoms with Crippen LogP contribution in [0.15, 0.2) is 48.5 Å². The lowest BCUT2D eigenvalue weighted by molar-refractivity contribution is -0.132. The molecule has 116 valence electrons. The molecular formula is C18H22N2O2. The van der Waals surface area contributed by atoms with E-state index >= 15 is 0 Å². The van der Waals surface area contributed by atoms with Gasteiger partial charge in [0.2, 0.25) is 0 Å². The van der Waals surface area contributed by atoms with Gasteiger partial charge in [-0.2, -0.15) is 0 Å². The number of aliphatic hydroxyl groups is 1. The van der Waals surface area contributed by atoms with E-state index < -0.39 is 11.5 Å². The van der Waals surface area contributed by atoms with Gasteiger partial charge in [-0.3, -0.25) is 4.79 Å². The summed E-state index contributed by atoms with van der Waals surface area (Å²) in [6.45, 7) is 3.56. The highest BCUT2D eigenvalue weighted by Gasteiger charge is 2.29. The lowest BCUT2D eigenvalue weighted by Crippen LogP contribution is -2.40. The van der Waals surface area contributed by atoms with Crippen molar-refractivity contribution in [2.45, 2.75) is 32.3 Å². The molecule has 0 radical (unpaired) electrons. The molecule has 0 aromatic heterocycles. The maximum absolute atomic E-state index is 12.2. The molecule has 4 N–H and O–H groups in total. The minimum Gasteiger partial charge on any atom is -0.399 e. The van der Waals surface area contributed by atoms with Gasteiger partial charge in [0.05, 0.1) is 0 Å². The Hall–Kier alpha value is -2.33. The number of aryl methyl sites for hydroxylation is 2. The van der Waals surface area contributed by atoms with E-state index in [1.54, 1.807) is 24.3 Å². The van der Waals surface area contributed by atoms with E-state index in [2.05, 4.69) is 5.32 Å². The smallest absolute Gasteiger partial charge is 0.256 e. The number of carbonyl (C=O) groups is 1. The Morgan fingerprint density at radius 3 is 2.32 bits per heavy atom. The topological polar surface area (TPSA) is 75.3 Å². The summed E-state index contributed by atoms with van der Waals surface area (Å²) in [5.74, 6) is -0.413. The maximum atomic E-state index is 12.2. The number of amides is 1. The molecule has 0 aliphatic rings. The molecule has 0 heterocycles. The first-order chi connectivity index (χ1) is 10.4. The zero-order chi connectivity index (χ0) is 16.2. The Bertz CT molecular complexity index is 631. The number of hydrogen-bond donors (Lipinski definition) is 3. The number of carbonyl (C=O) groups excluding carboxylic acids is 1. The molecule has 2 aromatic carbocycles. The summed E-state index contributed by atoms with van der Waals surface area (Å²) in [4.78, 5) is 12.2. The van der Waals surface area contributed by atoms with E-state index in [1.165, 1.54) is 12.5 Å². The van der Waals surface area contributed by atoms with Crippen LogP contribution in [0.3, 0.4) is 0 Å². The van der Waals surface area contributed by atoms with Crippen LogP contribution in [0.2, 0.25) is 0 Å². The predicted molar refractivity (Wildman–Crippen MR) is 89.6 cm³/mol. The monoisotopic (exact) mass is 298 g/mol. The predicted octanol–water partition coefficient (Wildman–Crippen LogP) is 2.90. The Morgan fingerprint density at radius 2 is 1.73 bits per heavy atom. The van der Waals surface area contributed by atoms with Crippen LogP contribution in [-0.2, 0) is 11.2 Å². The van der Waals surface area contributed by atoms with E-state index in [4.69, 9.17) is 5.73 Å². The SMILES string of the molecule is Cc1ccc(CC[C@](C)(O)C(=O)Nc2ccc(N)cc2)cc1. The average molecular weight is 298 g/mol. The van der Waals surface area contributed by atoms with Crippen molar-refractivity contribution in [3.8, 4) is 0 Å². The van der Waals surface area contributed by atoms with Crippen molar-refractivity contribution in [2.75, 3.05) is 11.1 Å². The number of rotatable bonds is 5. The van der Waals surface area contributed by atoms with Gasteiger partial charge < -0.3 is 16.2 Å². The summed E-state index contributed by atoms with van der Waals surface area (Å²) in [6.07, 6.45) is 0.999. The van der Waals surface area contributed by atoms with Crippen molar-refractivity contribution in [3.05, 3.63) is 59.7 Å². The van der Waals surface area contributed by atoms with Gasteiger partial charge in [-0.25, -0.2) is 0 Å². The zero-order valence-corrected chi connectivity index (χ0v) is 13.0. The van der Waals surface area contributed by atoms with E-state index in [1.807, 2.05) is 31.2 Å². The minimum atomic E-state index is -1.42. The van der Waals surface area contributed by atoms with Gasteiger partial charge in [-0.15, -0.1) is 0 Å². The lowest BCUT2D eigenvalue weighted by atomic mass is 9.95. The summed E-state index contributed by atoms with van der Waals surface area (Å²) in [6, 6.07) is 14.9. The highest BCUT2D eigenvalue weighted by molar-refractivity contribution is 5.96. The first kappa shape index (κ1) is 16.0. The van der Waals surface area contributed by atoms with Crippen molar-refractivity contribution in [3.63, 3.8) is 0 Å². The van der Waals surface area contributed by atoms with Crippen molar-refractivity contribution in [1.29, 1.82) is 0 Å².